The average Bonchev–Trinajstić information content (AvgIpc) is 2.34. The van der Waals surface area contributed by atoms with Crippen LogP contribution in [0.2, 0.25) is 0 Å². The van der Waals surface area contributed by atoms with Gasteiger partial charge < -0.3 is 9.68 Å². The molecule has 3 heteroatoms. The summed E-state index contributed by atoms with van der Waals surface area (Å²) in [5.74, 6) is 0.783. The van der Waals surface area contributed by atoms with Gasteiger partial charge in [-0.15, -0.1) is 0 Å². The van der Waals surface area contributed by atoms with Gasteiger partial charge in [0, 0.05) is 6.61 Å². The monoisotopic (exact) mass is 234 g/mol. The second-order valence-corrected chi connectivity index (χ2v) is 4.88. The van der Waals surface area contributed by atoms with Crippen molar-refractivity contribution in [3.63, 3.8) is 0 Å². The number of rotatable bonds is 8. The van der Waals surface area contributed by atoms with E-state index < -0.39 is 7.12 Å². The third-order valence-electron chi connectivity index (χ3n) is 2.79. The summed E-state index contributed by atoms with van der Waals surface area (Å²) in [4.78, 5) is 0. The number of hydrogen-bond donors (Lipinski definition) is 1. The molecule has 2 nitrogen and oxygen atoms in total. The van der Waals surface area contributed by atoms with Crippen molar-refractivity contribution in [2.45, 2.75) is 39.5 Å². The van der Waals surface area contributed by atoms with Crippen molar-refractivity contribution in [2.24, 2.45) is 5.92 Å². The van der Waals surface area contributed by atoms with Crippen LogP contribution in [0, 0.1) is 5.92 Å². The fourth-order valence-corrected chi connectivity index (χ4v) is 1.74. The lowest BCUT2D eigenvalue weighted by atomic mass is 9.80. The van der Waals surface area contributed by atoms with E-state index in [2.05, 4.69) is 13.8 Å². The van der Waals surface area contributed by atoms with Crippen LogP contribution < -0.4 is 5.46 Å². The summed E-state index contributed by atoms with van der Waals surface area (Å²) in [6.07, 6.45) is 4.74. The van der Waals surface area contributed by atoms with E-state index in [-0.39, 0.29) is 0 Å². The van der Waals surface area contributed by atoms with Crippen molar-refractivity contribution in [2.75, 3.05) is 6.61 Å². The van der Waals surface area contributed by atoms with E-state index in [0.717, 1.165) is 17.8 Å². The molecule has 0 saturated heterocycles. The van der Waals surface area contributed by atoms with Gasteiger partial charge in [-0.1, -0.05) is 63.4 Å². The highest BCUT2D eigenvalue weighted by Gasteiger charge is 2.14. The van der Waals surface area contributed by atoms with E-state index in [9.17, 15) is 5.02 Å². The predicted octanol–water partition coefficient (Wildman–Crippen LogP) is 2.61. The third kappa shape index (κ3) is 6.49. The Hall–Kier alpha value is -0.795. The summed E-state index contributed by atoms with van der Waals surface area (Å²) in [5, 5.41) is 9.74. The van der Waals surface area contributed by atoms with Gasteiger partial charge >= 0.3 is 7.12 Å². The van der Waals surface area contributed by atoms with Crippen LogP contribution in [-0.4, -0.2) is 18.7 Å². The Labute approximate surface area is 105 Å². The van der Waals surface area contributed by atoms with Gasteiger partial charge in [0.25, 0.3) is 0 Å². The van der Waals surface area contributed by atoms with Crippen molar-refractivity contribution in [1.29, 1.82) is 0 Å². The normalized spacial score (nSPS) is 10.8. The van der Waals surface area contributed by atoms with E-state index in [1.807, 2.05) is 30.3 Å². The molecule has 0 atom stereocenters. The van der Waals surface area contributed by atoms with Gasteiger partial charge in [-0.3, -0.25) is 0 Å². The van der Waals surface area contributed by atoms with Crippen molar-refractivity contribution in [1.82, 2.24) is 0 Å². The van der Waals surface area contributed by atoms with E-state index in [1.165, 1.54) is 19.3 Å². The molecule has 94 valence electrons. The molecule has 0 aliphatic heterocycles. The van der Waals surface area contributed by atoms with Gasteiger partial charge in [-0.25, -0.2) is 0 Å². The van der Waals surface area contributed by atoms with Gasteiger partial charge in [-0.05, 0) is 17.8 Å². The molecule has 0 aliphatic rings. The maximum Gasteiger partial charge on any atom is 0.491 e. The van der Waals surface area contributed by atoms with E-state index in [4.69, 9.17) is 4.65 Å². The number of unbranched alkanes of at least 4 members (excludes halogenated alkanes) is 2. The van der Waals surface area contributed by atoms with Gasteiger partial charge in [-0.2, -0.15) is 0 Å². The summed E-state index contributed by atoms with van der Waals surface area (Å²) in [6.45, 7) is 5.12. The minimum atomic E-state index is -0.777. The standard InChI is InChI=1S/C14H23BO2/c1-13(2)9-5-4-8-12-17-15(16)14-10-6-3-7-11-14/h3,6-7,10-11,13,16H,4-5,8-9,12H2,1-2H3. The maximum atomic E-state index is 9.74. The third-order valence-corrected chi connectivity index (χ3v) is 2.79. The molecule has 1 aromatic carbocycles. The summed E-state index contributed by atoms with van der Waals surface area (Å²) in [5.41, 5.74) is 0.828. The molecule has 1 aromatic rings. The molecular formula is C14H23BO2. The summed E-state index contributed by atoms with van der Waals surface area (Å²) in [6, 6.07) is 9.50. The topological polar surface area (TPSA) is 29.5 Å². The van der Waals surface area contributed by atoms with Crippen LogP contribution in [0.15, 0.2) is 30.3 Å². The van der Waals surface area contributed by atoms with Gasteiger partial charge in [0.2, 0.25) is 0 Å². The minimum absolute atomic E-state index is 0.633. The second kappa shape index (κ2) is 8.32. The van der Waals surface area contributed by atoms with Crippen LogP contribution in [0.1, 0.15) is 39.5 Å². The fraction of sp³-hybridized carbons (Fsp3) is 0.571. The van der Waals surface area contributed by atoms with Crippen molar-refractivity contribution >= 4 is 12.6 Å². The van der Waals surface area contributed by atoms with Crippen LogP contribution in [-0.2, 0) is 4.65 Å². The lowest BCUT2D eigenvalue weighted by molar-refractivity contribution is 0.260. The molecule has 0 radical (unpaired) electrons. The first kappa shape index (κ1) is 14.3. The molecule has 0 unspecified atom stereocenters. The van der Waals surface area contributed by atoms with Crippen molar-refractivity contribution < 1.29 is 9.68 Å². The zero-order chi connectivity index (χ0) is 12.5. The SMILES string of the molecule is CC(C)CCCCCOB(O)c1ccccc1. The van der Waals surface area contributed by atoms with E-state index in [0.29, 0.717) is 6.61 Å². The number of hydrogen-bond acceptors (Lipinski definition) is 2. The Morgan fingerprint density at radius 1 is 1.12 bits per heavy atom. The maximum absolute atomic E-state index is 9.74. The molecule has 0 amide bonds. The van der Waals surface area contributed by atoms with Crippen molar-refractivity contribution in [3.8, 4) is 0 Å². The second-order valence-electron chi connectivity index (χ2n) is 4.88. The van der Waals surface area contributed by atoms with Crippen molar-refractivity contribution in [3.05, 3.63) is 30.3 Å². The largest absolute Gasteiger partial charge is 0.491 e. The molecular weight excluding hydrogens is 211 g/mol. The van der Waals surface area contributed by atoms with Crippen LogP contribution in [0.5, 0.6) is 0 Å². The molecule has 0 fully saturated rings. The lowest BCUT2D eigenvalue weighted by Gasteiger charge is -2.08. The first-order valence-corrected chi connectivity index (χ1v) is 6.54. The molecule has 0 spiro atoms. The van der Waals surface area contributed by atoms with Gasteiger partial charge in [0.15, 0.2) is 0 Å². The van der Waals surface area contributed by atoms with E-state index in [1.54, 1.807) is 0 Å². The Kier molecular flexibility index (Phi) is 6.98. The smallest absolute Gasteiger partial charge is 0.423 e. The molecule has 1 N–H and O–H groups in total. The highest BCUT2D eigenvalue weighted by molar-refractivity contribution is 6.59. The molecule has 0 aliphatic carbocycles. The minimum Gasteiger partial charge on any atom is -0.423 e. The van der Waals surface area contributed by atoms with Crippen LogP contribution in [0.3, 0.4) is 0 Å². The first-order valence-electron chi connectivity index (χ1n) is 6.54. The summed E-state index contributed by atoms with van der Waals surface area (Å²) in [7, 11) is -0.777. The van der Waals surface area contributed by atoms with Crippen LogP contribution in [0.4, 0.5) is 0 Å². The summed E-state index contributed by atoms with van der Waals surface area (Å²) >= 11 is 0. The molecule has 1 rings (SSSR count). The summed E-state index contributed by atoms with van der Waals surface area (Å²) < 4.78 is 5.39. The molecule has 17 heavy (non-hydrogen) atoms. The van der Waals surface area contributed by atoms with E-state index >= 15 is 0 Å². The molecule has 0 heterocycles. The number of benzene rings is 1. The quantitative estimate of drug-likeness (QED) is 0.553. The molecule has 0 bridgehead atoms. The zero-order valence-electron chi connectivity index (χ0n) is 10.9. The Balaban J connectivity index is 2.07. The van der Waals surface area contributed by atoms with Gasteiger partial charge in [0.1, 0.15) is 0 Å². The highest BCUT2D eigenvalue weighted by Crippen LogP contribution is 2.07. The van der Waals surface area contributed by atoms with Gasteiger partial charge in [0.05, 0.1) is 0 Å². The fourth-order valence-electron chi connectivity index (χ4n) is 1.74. The molecule has 0 aromatic heterocycles. The zero-order valence-corrected chi connectivity index (χ0v) is 10.9. The van der Waals surface area contributed by atoms with Crippen LogP contribution >= 0.6 is 0 Å². The molecule has 0 saturated carbocycles. The lowest BCUT2D eigenvalue weighted by Crippen LogP contribution is -2.33. The van der Waals surface area contributed by atoms with Crippen LogP contribution in [0.25, 0.3) is 0 Å². The average molecular weight is 234 g/mol. The highest BCUT2D eigenvalue weighted by atomic mass is 16.5. The Bertz CT molecular complexity index is 288. The predicted molar refractivity (Wildman–Crippen MR) is 73.3 cm³/mol. The Morgan fingerprint density at radius 2 is 1.82 bits per heavy atom. The first-order chi connectivity index (χ1) is 8.20. The Morgan fingerprint density at radius 3 is 2.47 bits per heavy atom.